The largest absolute Gasteiger partial charge is 0.367 e. The molecule has 0 aliphatic rings. The molecule has 0 atom stereocenters. The van der Waals surface area contributed by atoms with E-state index in [1.165, 1.54) is 0 Å². The summed E-state index contributed by atoms with van der Waals surface area (Å²) in [6.07, 6.45) is 3.83. The first kappa shape index (κ1) is 15.7. The van der Waals surface area contributed by atoms with Gasteiger partial charge in [-0.15, -0.1) is 10.2 Å². The van der Waals surface area contributed by atoms with Crippen LogP contribution in [0.5, 0.6) is 0 Å². The molecule has 24 heavy (non-hydrogen) atoms. The smallest absolute Gasteiger partial charge is 0.251 e. The van der Waals surface area contributed by atoms with Crippen LogP contribution >= 0.6 is 0 Å². The van der Waals surface area contributed by atoms with Crippen molar-refractivity contribution in [2.75, 3.05) is 18.4 Å². The molecule has 0 radical (unpaired) electrons. The Morgan fingerprint density at radius 2 is 1.88 bits per heavy atom. The van der Waals surface area contributed by atoms with E-state index in [0.29, 0.717) is 24.5 Å². The molecule has 0 saturated heterocycles. The Labute approximate surface area is 140 Å². The molecular formula is C18H19N5O. The van der Waals surface area contributed by atoms with Gasteiger partial charge in [0.15, 0.2) is 5.82 Å². The van der Waals surface area contributed by atoms with Crippen LogP contribution in [0.1, 0.15) is 15.9 Å². The Balaban J connectivity index is 1.46. The van der Waals surface area contributed by atoms with E-state index in [1.807, 2.05) is 66.3 Å². The zero-order chi connectivity index (χ0) is 16.8. The molecule has 0 bridgehead atoms. The Bertz CT molecular complexity index is 797. The van der Waals surface area contributed by atoms with Crippen LogP contribution in [0.15, 0.2) is 60.9 Å². The van der Waals surface area contributed by atoms with Crippen LogP contribution in [0.2, 0.25) is 0 Å². The van der Waals surface area contributed by atoms with Gasteiger partial charge in [0.1, 0.15) is 5.82 Å². The Morgan fingerprint density at radius 3 is 2.58 bits per heavy atom. The highest BCUT2D eigenvalue weighted by molar-refractivity contribution is 5.94. The van der Waals surface area contributed by atoms with Gasteiger partial charge in [-0.05, 0) is 43.3 Å². The number of rotatable bonds is 6. The summed E-state index contributed by atoms with van der Waals surface area (Å²) in [5.41, 5.74) is 1.74. The van der Waals surface area contributed by atoms with E-state index in [0.717, 1.165) is 11.4 Å². The molecular weight excluding hydrogens is 302 g/mol. The van der Waals surface area contributed by atoms with Crippen molar-refractivity contribution >= 4 is 11.7 Å². The fraction of sp³-hybridized carbons (Fsp3) is 0.167. The molecule has 2 N–H and O–H groups in total. The minimum Gasteiger partial charge on any atom is -0.367 e. The molecule has 122 valence electrons. The van der Waals surface area contributed by atoms with Crippen LogP contribution in [0.3, 0.4) is 0 Å². The lowest BCUT2D eigenvalue weighted by molar-refractivity contribution is 0.0955. The van der Waals surface area contributed by atoms with Crippen molar-refractivity contribution in [3.05, 3.63) is 72.1 Å². The second-order valence-electron chi connectivity index (χ2n) is 5.42. The fourth-order valence-corrected chi connectivity index (χ4v) is 2.30. The average molecular weight is 321 g/mol. The molecule has 0 saturated carbocycles. The van der Waals surface area contributed by atoms with Gasteiger partial charge in [-0.3, -0.25) is 4.79 Å². The predicted molar refractivity (Wildman–Crippen MR) is 93.4 cm³/mol. The van der Waals surface area contributed by atoms with Gasteiger partial charge in [0.25, 0.3) is 5.91 Å². The lowest BCUT2D eigenvalue weighted by Crippen LogP contribution is -2.28. The van der Waals surface area contributed by atoms with E-state index in [-0.39, 0.29) is 5.91 Å². The van der Waals surface area contributed by atoms with Gasteiger partial charge < -0.3 is 15.2 Å². The summed E-state index contributed by atoms with van der Waals surface area (Å²) in [5.74, 6) is 1.36. The average Bonchev–Trinajstić information content (AvgIpc) is 3.14. The quantitative estimate of drug-likeness (QED) is 0.684. The van der Waals surface area contributed by atoms with Crippen molar-refractivity contribution < 1.29 is 4.79 Å². The van der Waals surface area contributed by atoms with Crippen molar-refractivity contribution in [3.63, 3.8) is 0 Å². The zero-order valence-electron chi connectivity index (χ0n) is 13.4. The second-order valence-corrected chi connectivity index (χ2v) is 5.42. The lowest BCUT2D eigenvalue weighted by Gasteiger charge is -2.08. The van der Waals surface area contributed by atoms with Crippen LogP contribution in [0.25, 0.3) is 5.82 Å². The number of benzene rings is 1. The number of carbonyl (C=O) groups is 1. The van der Waals surface area contributed by atoms with Crippen LogP contribution in [-0.4, -0.2) is 33.8 Å². The summed E-state index contributed by atoms with van der Waals surface area (Å²) in [6, 6.07) is 15.1. The first-order chi connectivity index (χ1) is 11.7. The Kier molecular flexibility index (Phi) is 4.86. The molecule has 3 aromatic rings. The van der Waals surface area contributed by atoms with Gasteiger partial charge in [-0.25, -0.2) is 0 Å². The number of hydrogen-bond acceptors (Lipinski definition) is 4. The number of carbonyl (C=O) groups excluding carboxylic acids is 1. The van der Waals surface area contributed by atoms with Gasteiger partial charge in [0.2, 0.25) is 0 Å². The molecule has 6 heteroatoms. The SMILES string of the molecule is Cc1cccc(C(=O)NCCNc2ccc(-n3cccc3)nn2)c1. The lowest BCUT2D eigenvalue weighted by atomic mass is 10.1. The summed E-state index contributed by atoms with van der Waals surface area (Å²) in [4.78, 5) is 12.0. The van der Waals surface area contributed by atoms with Gasteiger partial charge in [0.05, 0.1) is 0 Å². The highest BCUT2D eigenvalue weighted by Crippen LogP contribution is 2.06. The molecule has 2 aromatic heterocycles. The fourth-order valence-electron chi connectivity index (χ4n) is 2.30. The van der Waals surface area contributed by atoms with Crippen LogP contribution in [0, 0.1) is 6.92 Å². The van der Waals surface area contributed by atoms with Crippen molar-refractivity contribution in [3.8, 4) is 5.82 Å². The van der Waals surface area contributed by atoms with Crippen LogP contribution in [-0.2, 0) is 0 Å². The van der Waals surface area contributed by atoms with E-state index >= 15 is 0 Å². The highest BCUT2D eigenvalue weighted by atomic mass is 16.1. The predicted octanol–water partition coefficient (Wildman–Crippen LogP) is 2.42. The van der Waals surface area contributed by atoms with E-state index in [9.17, 15) is 4.79 Å². The molecule has 0 aliphatic heterocycles. The van der Waals surface area contributed by atoms with Crippen LogP contribution in [0.4, 0.5) is 5.82 Å². The maximum atomic E-state index is 12.0. The summed E-state index contributed by atoms with van der Waals surface area (Å²) in [7, 11) is 0. The van der Waals surface area contributed by atoms with E-state index < -0.39 is 0 Å². The first-order valence-corrected chi connectivity index (χ1v) is 7.78. The molecule has 1 aromatic carbocycles. The molecule has 2 heterocycles. The third-order valence-electron chi connectivity index (χ3n) is 3.52. The summed E-state index contributed by atoms with van der Waals surface area (Å²) >= 11 is 0. The van der Waals surface area contributed by atoms with E-state index in [1.54, 1.807) is 6.07 Å². The van der Waals surface area contributed by atoms with Crippen molar-refractivity contribution in [1.29, 1.82) is 0 Å². The summed E-state index contributed by atoms with van der Waals surface area (Å²) < 4.78 is 1.89. The molecule has 0 unspecified atom stereocenters. The number of nitrogens with zero attached hydrogens (tertiary/aromatic N) is 3. The third-order valence-corrected chi connectivity index (χ3v) is 3.52. The number of hydrogen-bond donors (Lipinski definition) is 2. The number of aromatic nitrogens is 3. The maximum absolute atomic E-state index is 12.0. The number of aryl methyl sites for hydroxylation is 1. The van der Waals surface area contributed by atoms with Gasteiger partial charge in [0, 0.05) is 31.0 Å². The first-order valence-electron chi connectivity index (χ1n) is 7.78. The summed E-state index contributed by atoms with van der Waals surface area (Å²) in [6.45, 7) is 3.05. The van der Waals surface area contributed by atoms with E-state index in [2.05, 4.69) is 20.8 Å². The third kappa shape index (κ3) is 3.98. The van der Waals surface area contributed by atoms with Gasteiger partial charge in [-0.1, -0.05) is 17.7 Å². The van der Waals surface area contributed by atoms with Crippen molar-refractivity contribution in [2.45, 2.75) is 6.92 Å². The highest BCUT2D eigenvalue weighted by Gasteiger charge is 2.04. The summed E-state index contributed by atoms with van der Waals surface area (Å²) in [5, 5.41) is 14.3. The zero-order valence-corrected chi connectivity index (χ0v) is 13.4. The second kappa shape index (κ2) is 7.41. The topological polar surface area (TPSA) is 71.8 Å². The monoisotopic (exact) mass is 321 g/mol. The van der Waals surface area contributed by atoms with Gasteiger partial charge >= 0.3 is 0 Å². The Hall–Kier alpha value is -3.15. The molecule has 0 spiro atoms. The normalized spacial score (nSPS) is 10.4. The number of amides is 1. The maximum Gasteiger partial charge on any atom is 0.251 e. The van der Waals surface area contributed by atoms with Gasteiger partial charge in [-0.2, -0.15) is 0 Å². The number of nitrogens with one attached hydrogen (secondary N) is 2. The van der Waals surface area contributed by atoms with E-state index in [4.69, 9.17) is 0 Å². The molecule has 1 amide bonds. The molecule has 3 rings (SSSR count). The van der Waals surface area contributed by atoms with Crippen LogP contribution < -0.4 is 10.6 Å². The minimum atomic E-state index is -0.0745. The van der Waals surface area contributed by atoms with Crippen molar-refractivity contribution in [2.24, 2.45) is 0 Å². The molecule has 0 aliphatic carbocycles. The Morgan fingerprint density at radius 1 is 1.04 bits per heavy atom. The molecule has 6 nitrogen and oxygen atoms in total. The standard InChI is InChI=1S/C18H19N5O/c1-14-5-4-6-15(13-14)18(24)20-10-9-19-16-7-8-17(22-21-16)23-11-2-3-12-23/h2-8,11-13H,9-10H2,1H3,(H,19,21)(H,20,24). The number of anilines is 1. The van der Waals surface area contributed by atoms with Crippen molar-refractivity contribution in [1.82, 2.24) is 20.1 Å². The minimum absolute atomic E-state index is 0.0745. The molecule has 0 fully saturated rings.